The molecule has 0 atom stereocenters. The van der Waals surface area contributed by atoms with Crippen LogP contribution in [0, 0.1) is 0 Å². The smallest absolute Gasteiger partial charge is 0.287 e. The van der Waals surface area contributed by atoms with E-state index in [0.717, 1.165) is 48.4 Å². The number of ether oxygens (including phenoxy) is 1. The zero-order valence-electron chi connectivity index (χ0n) is 20.9. The molecule has 1 saturated heterocycles. The predicted molar refractivity (Wildman–Crippen MR) is 147 cm³/mol. The number of amides is 1. The van der Waals surface area contributed by atoms with Gasteiger partial charge < -0.3 is 28.7 Å². The number of hydrogen-bond donors (Lipinski definition) is 1. The zero-order chi connectivity index (χ0) is 26.3. The van der Waals surface area contributed by atoms with Gasteiger partial charge in [-0.2, -0.15) is 0 Å². The van der Waals surface area contributed by atoms with E-state index in [0.29, 0.717) is 35.6 Å². The monoisotopic (exact) mass is 553 g/mol. The number of nitrogens with one attached hydrogen (secondary N) is 1. The molecule has 1 fully saturated rings. The first-order chi connectivity index (χ1) is 18.6. The number of benzene rings is 1. The molecule has 0 radical (unpaired) electrons. The first-order valence-corrected chi connectivity index (χ1v) is 13.6. The number of rotatable bonds is 10. The molecule has 11 heteroatoms. The molecule has 0 aliphatic carbocycles. The number of carbonyl (C=O) groups is 1. The molecule has 1 amide bonds. The van der Waals surface area contributed by atoms with Crippen LogP contribution in [0.25, 0.3) is 0 Å². The molecule has 9 nitrogen and oxygen atoms in total. The van der Waals surface area contributed by atoms with Gasteiger partial charge in [0.15, 0.2) is 10.9 Å². The minimum absolute atomic E-state index is 0.248. The van der Waals surface area contributed by atoms with Gasteiger partial charge in [-0.15, -0.1) is 0 Å². The molecule has 3 aromatic heterocycles. The highest BCUT2D eigenvalue weighted by atomic mass is 35.5. The standard InChI is InChI=1S/C27H28ClN5O4S/c1-35-17-19-15-25(33-12-10-32(11-13-33)23-7-3-2-6-22(23)28)31-27(30-19)38-18-21-8-9-24(37-21)26(34)29-16-20-5-4-14-36-20/h2-9,14-15H,10-13,16-18H2,1H3,(H,29,34). The van der Waals surface area contributed by atoms with Gasteiger partial charge in [0.05, 0.1) is 41.6 Å². The van der Waals surface area contributed by atoms with Crippen LogP contribution in [0.4, 0.5) is 11.5 Å². The van der Waals surface area contributed by atoms with Crippen molar-refractivity contribution in [2.45, 2.75) is 24.1 Å². The lowest BCUT2D eigenvalue weighted by atomic mass is 10.2. The van der Waals surface area contributed by atoms with Gasteiger partial charge in [-0.25, -0.2) is 9.97 Å². The summed E-state index contributed by atoms with van der Waals surface area (Å²) in [5.74, 6) is 2.64. The van der Waals surface area contributed by atoms with Crippen molar-refractivity contribution in [2.75, 3.05) is 43.1 Å². The maximum Gasteiger partial charge on any atom is 0.287 e. The molecule has 198 valence electrons. The number of hydrogen-bond acceptors (Lipinski definition) is 9. The van der Waals surface area contributed by atoms with Crippen LogP contribution in [-0.2, 0) is 23.6 Å². The predicted octanol–water partition coefficient (Wildman–Crippen LogP) is 5.01. The average molecular weight is 554 g/mol. The second-order valence-corrected chi connectivity index (χ2v) is 10.0. The molecular formula is C27H28ClN5O4S. The Hall–Kier alpha value is -3.47. The molecule has 0 saturated carbocycles. The maximum atomic E-state index is 12.4. The quantitative estimate of drug-likeness (QED) is 0.215. The van der Waals surface area contributed by atoms with E-state index in [9.17, 15) is 4.79 Å². The van der Waals surface area contributed by atoms with Crippen molar-refractivity contribution in [3.05, 3.63) is 88.9 Å². The van der Waals surface area contributed by atoms with Gasteiger partial charge in [-0.3, -0.25) is 4.79 Å². The van der Waals surface area contributed by atoms with Crippen molar-refractivity contribution in [3.63, 3.8) is 0 Å². The molecule has 38 heavy (non-hydrogen) atoms. The second kappa shape index (κ2) is 12.4. The van der Waals surface area contributed by atoms with Crippen molar-refractivity contribution >= 4 is 40.8 Å². The Morgan fingerprint density at radius 2 is 1.87 bits per heavy atom. The SMILES string of the molecule is COCc1cc(N2CCN(c3ccccc3Cl)CC2)nc(SCc2ccc(C(=O)NCc3ccco3)o2)n1. The molecule has 1 aromatic carbocycles. The minimum atomic E-state index is -0.297. The second-order valence-electron chi connectivity index (χ2n) is 8.68. The number of piperazine rings is 1. The first kappa shape index (κ1) is 26.1. The van der Waals surface area contributed by atoms with E-state index >= 15 is 0 Å². The fourth-order valence-electron chi connectivity index (χ4n) is 4.17. The van der Waals surface area contributed by atoms with E-state index in [1.165, 1.54) is 11.8 Å². The molecule has 1 aliphatic heterocycles. The van der Waals surface area contributed by atoms with Crippen molar-refractivity contribution in [1.29, 1.82) is 0 Å². The number of furan rings is 2. The van der Waals surface area contributed by atoms with Crippen molar-refractivity contribution in [1.82, 2.24) is 15.3 Å². The lowest BCUT2D eigenvalue weighted by Gasteiger charge is -2.37. The molecule has 5 rings (SSSR count). The molecule has 4 heterocycles. The van der Waals surface area contributed by atoms with E-state index in [1.807, 2.05) is 24.3 Å². The molecule has 0 spiro atoms. The van der Waals surface area contributed by atoms with Crippen molar-refractivity contribution in [2.24, 2.45) is 0 Å². The third kappa shape index (κ3) is 6.50. The van der Waals surface area contributed by atoms with E-state index in [2.05, 4.69) is 26.2 Å². The normalized spacial score (nSPS) is 13.6. The van der Waals surface area contributed by atoms with Crippen LogP contribution in [0.2, 0.25) is 5.02 Å². The summed E-state index contributed by atoms with van der Waals surface area (Å²) in [5.41, 5.74) is 1.87. The van der Waals surface area contributed by atoms with E-state index in [-0.39, 0.29) is 11.7 Å². The Bertz CT molecular complexity index is 1360. The van der Waals surface area contributed by atoms with Gasteiger partial charge in [-0.05, 0) is 36.4 Å². The lowest BCUT2D eigenvalue weighted by molar-refractivity contribution is 0.0919. The van der Waals surface area contributed by atoms with Gasteiger partial charge in [0.25, 0.3) is 5.91 Å². The highest BCUT2D eigenvalue weighted by Crippen LogP contribution is 2.28. The Kier molecular flexibility index (Phi) is 8.52. The van der Waals surface area contributed by atoms with Gasteiger partial charge in [0.2, 0.25) is 0 Å². The van der Waals surface area contributed by atoms with Gasteiger partial charge in [-0.1, -0.05) is 35.5 Å². The summed E-state index contributed by atoms with van der Waals surface area (Å²) in [7, 11) is 1.65. The van der Waals surface area contributed by atoms with Crippen LogP contribution in [0.3, 0.4) is 0 Å². The summed E-state index contributed by atoms with van der Waals surface area (Å²) in [6, 6.07) is 16.9. The summed E-state index contributed by atoms with van der Waals surface area (Å²) >= 11 is 7.86. The first-order valence-electron chi connectivity index (χ1n) is 12.2. The van der Waals surface area contributed by atoms with Crippen LogP contribution >= 0.6 is 23.4 Å². The van der Waals surface area contributed by atoms with Crippen LogP contribution in [0.15, 0.2) is 74.9 Å². The molecule has 1 N–H and O–H groups in total. The highest BCUT2D eigenvalue weighted by molar-refractivity contribution is 7.98. The number of halogens is 1. The van der Waals surface area contributed by atoms with E-state index in [4.69, 9.17) is 30.2 Å². The minimum Gasteiger partial charge on any atom is -0.467 e. The molecule has 0 bridgehead atoms. The van der Waals surface area contributed by atoms with Crippen LogP contribution < -0.4 is 15.1 Å². The molecule has 1 aliphatic rings. The van der Waals surface area contributed by atoms with Crippen LogP contribution in [0.5, 0.6) is 0 Å². The number of thioether (sulfide) groups is 1. The fourth-order valence-corrected chi connectivity index (χ4v) is 5.19. The summed E-state index contributed by atoms with van der Waals surface area (Å²) in [6.07, 6.45) is 1.57. The maximum absolute atomic E-state index is 12.4. The third-order valence-corrected chi connectivity index (χ3v) is 7.26. The largest absolute Gasteiger partial charge is 0.467 e. The lowest BCUT2D eigenvalue weighted by Crippen LogP contribution is -2.47. The van der Waals surface area contributed by atoms with Gasteiger partial charge in [0, 0.05) is 39.4 Å². The van der Waals surface area contributed by atoms with E-state index < -0.39 is 0 Å². The Labute approximate surface area is 230 Å². The summed E-state index contributed by atoms with van der Waals surface area (Å²) < 4.78 is 16.3. The van der Waals surface area contributed by atoms with Crippen LogP contribution in [-0.4, -0.2) is 49.2 Å². The number of aromatic nitrogens is 2. The van der Waals surface area contributed by atoms with Crippen molar-refractivity contribution in [3.8, 4) is 0 Å². The van der Waals surface area contributed by atoms with Crippen LogP contribution in [0.1, 0.15) is 27.8 Å². The summed E-state index contributed by atoms with van der Waals surface area (Å²) in [6.45, 7) is 4.00. The summed E-state index contributed by atoms with van der Waals surface area (Å²) in [4.78, 5) is 26.4. The van der Waals surface area contributed by atoms with Crippen molar-refractivity contribution < 1.29 is 18.4 Å². The number of anilines is 2. The van der Waals surface area contributed by atoms with Gasteiger partial charge >= 0.3 is 0 Å². The summed E-state index contributed by atoms with van der Waals surface area (Å²) in [5, 5.41) is 4.17. The number of nitrogens with zero attached hydrogens (tertiary/aromatic N) is 4. The zero-order valence-corrected chi connectivity index (χ0v) is 22.5. The average Bonchev–Trinajstić information content (AvgIpc) is 3.64. The third-order valence-electron chi connectivity index (χ3n) is 6.07. The Balaban J connectivity index is 1.21. The number of carbonyl (C=O) groups excluding carboxylic acids is 1. The Morgan fingerprint density at radius 1 is 1.05 bits per heavy atom. The topological polar surface area (TPSA) is 96.9 Å². The molecule has 0 unspecified atom stereocenters. The fraction of sp³-hybridized carbons (Fsp3) is 0.296. The molecular weight excluding hydrogens is 526 g/mol. The Morgan fingerprint density at radius 3 is 2.63 bits per heavy atom. The van der Waals surface area contributed by atoms with Gasteiger partial charge in [0.1, 0.15) is 17.3 Å². The molecule has 4 aromatic rings. The van der Waals surface area contributed by atoms with E-state index in [1.54, 1.807) is 37.6 Å². The highest BCUT2D eigenvalue weighted by Gasteiger charge is 2.21. The number of para-hydroxylation sites is 1. The number of methoxy groups -OCH3 is 1.